The molecule has 1 aromatic heterocycles. The van der Waals surface area contributed by atoms with Crippen LogP contribution in [0.4, 0.5) is 0 Å². The van der Waals surface area contributed by atoms with Crippen molar-refractivity contribution in [1.29, 1.82) is 0 Å². The Morgan fingerprint density at radius 2 is 1.59 bits per heavy atom. The smallest absolute Gasteiger partial charge is 0.247 e. The molecule has 2 heterocycles. The summed E-state index contributed by atoms with van der Waals surface area (Å²) in [5.41, 5.74) is 3.24. The molecule has 17 heteroatoms. The van der Waals surface area contributed by atoms with Gasteiger partial charge in [0.1, 0.15) is 29.4 Å². The van der Waals surface area contributed by atoms with E-state index in [-0.39, 0.29) is 57.2 Å². The summed E-state index contributed by atoms with van der Waals surface area (Å²) in [6.45, 7) is 1.41. The fourth-order valence-corrected chi connectivity index (χ4v) is 7.43. The van der Waals surface area contributed by atoms with Crippen LogP contribution < -0.4 is 15.4 Å². The molecule has 0 radical (unpaired) electrons. The number of hydrogen-bond acceptors (Lipinski definition) is 10. The number of halogens is 1. The number of hydrogen-bond donors (Lipinski definition) is 3. The highest BCUT2D eigenvalue weighted by molar-refractivity contribution is 6.30. The van der Waals surface area contributed by atoms with Gasteiger partial charge in [-0.1, -0.05) is 41.9 Å². The molecule has 16 nitrogen and oxygen atoms in total. The number of nitrogens with one attached hydrogen (secondary N) is 2. The highest BCUT2D eigenvalue weighted by Gasteiger charge is 2.36. The third-order valence-corrected chi connectivity index (χ3v) is 11.5. The van der Waals surface area contributed by atoms with Gasteiger partial charge in [-0.2, -0.15) is 0 Å². The van der Waals surface area contributed by atoms with E-state index in [0.29, 0.717) is 28.6 Å². The topological polar surface area (TPSA) is 179 Å². The van der Waals surface area contributed by atoms with E-state index in [4.69, 9.17) is 21.1 Å². The summed E-state index contributed by atoms with van der Waals surface area (Å²) in [6, 6.07) is 17.8. The molecule has 0 aliphatic carbocycles. The second kappa shape index (κ2) is 22.5. The molecule has 3 N–H and O–H groups in total. The predicted octanol–water partition coefficient (Wildman–Crippen LogP) is 3.63. The van der Waals surface area contributed by atoms with Gasteiger partial charge in [0.25, 0.3) is 0 Å². The molecule has 5 rings (SSSR count). The number of aliphatic hydroxyl groups excluding tert-OH is 1. The van der Waals surface area contributed by atoms with Crippen LogP contribution in [0.3, 0.4) is 0 Å². The van der Waals surface area contributed by atoms with Crippen LogP contribution in [0.25, 0.3) is 11.3 Å². The van der Waals surface area contributed by atoms with Crippen molar-refractivity contribution < 1.29 is 38.6 Å². The summed E-state index contributed by atoms with van der Waals surface area (Å²) in [4.78, 5) is 80.3. The van der Waals surface area contributed by atoms with Crippen LogP contribution in [-0.4, -0.2) is 143 Å². The molecule has 4 aromatic rings. The van der Waals surface area contributed by atoms with Crippen LogP contribution >= 0.6 is 11.6 Å². The van der Waals surface area contributed by atoms with E-state index in [9.17, 15) is 29.1 Å². The number of carbonyl (C=O) groups excluding carboxylic acids is 5. The van der Waals surface area contributed by atoms with Crippen LogP contribution in [0.15, 0.2) is 79.0 Å². The van der Waals surface area contributed by atoms with E-state index < -0.39 is 48.5 Å². The number of benzene rings is 3. The van der Waals surface area contributed by atoms with Gasteiger partial charge >= 0.3 is 0 Å². The van der Waals surface area contributed by atoms with Crippen molar-refractivity contribution in [3.8, 4) is 22.8 Å². The van der Waals surface area contributed by atoms with Crippen LogP contribution in [0.2, 0.25) is 5.02 Å². The molecule has 338 valence electrons. The van der Waals surface area contributed by atoms with Crippen LogP contribution in [0.1, 0.15) is 43.1 Å². The number of imidazole rings is 1. The zero-order valence-electron chi connectivity index (χ0n) is 37.0. The molecule has 0 unspecified atom stereocenters. The molecule has 1 fully saturated rings. The lowest BCUT2D eigenvalue weighted by molar-refractivity contribution is -0.147. The first-order valence-corrected chi connectivity index (χ1v) is 21.2. The molecule has 3 aromatic carbocycles. The van der Waals surface area contributed by atoms with E-state index in [1.54, 1.807) is 62.5 Å². The third-order valence-electron chi connectivity index (χ3n) is 11.3. The summed E-state index contributed by atoms with van der Waals surface area (Å²) in [5.74, 6) is -0.771. The maximum absolute atomic E-state index is 14.3. The third kappa shape index (κ3) is 12.9. The highest BCUT2D eigenvalue weighted by atomic mass is 35.5. The number of likely N-dealkylation sites (N-methyl/N-ethyl adjacent to an activating group) is 2. The summed E-state index contributed by atoms with van der Waals surface area (Å²) < 4.78 is 13.9. The number of aromatic nitrogens is 2. The predicted molar refractivity (Wildman–Crippen MR) is 239 cm³/mol. The Balaban J connectivity index is 1.45. The lowest BCUT2D eigenvalue weighted by Crippen LogP contribution is -2.58. The lowest BCUT2D eigenvalue weighted by Gasteiger charge is -2.34. The fourth-order valence-electron chi connectivity index (χ4n) is 7.30. The number of carbonyl (C=O) groups is 5. The van der Waals surface area contributed by atoms with Crippen molar-refractivity contribution in [2.24, 2.45) is 7.05 Å². The maximum atomic E-state index is 14.3. The van der Waals surface area contributed by atoms with Crippen molar-refractivity contribution in [3.05, 3.63) is 101 Å². The van der Waals surface area contributed by atoms with Crippen LogP contribution in [0.5, 0.6) is 11.5 Å². The quantitative estimate of drug-likeness (QED) is 0.190. The van der Waals surface area contributed by atoms with Crippen molar-refractivity contribution in [3.63, 3.8) is 0 Å². The standard InChI is InChI=1S/C46H59ClN8O8/c1-30-24-49-42(57)23-35(22-31-12-16-34(47)17-13-31)53(5)46(61)37(28-56)50-45(60)39(29-62-7)55(44(59)21-20-43(58)52(30)4)26-33-10-8-9-11-40(33)63-36-18-14-32(15-19-36)38-25-48-41(54(38)6)27-51(2)3/h8-19,25,30,35,37,39,56H,20-24,26-29H2,1-7H3,(H,49,57)(H,50,60)/t30-,35-,37-,39-/m0/s1. The lowest BCUT2D eigenvalue weighted by atomic mass is 10.0. The Morgan fingerprint density at radius 1 is 0.905 bits per heavy atom. The number of nitrogens with zero attached hydrogens (tertiary/aromatic N) is 6. The van der Waals surface area contributed by atoms with Gasteiger partial charge < -0.3 is 49.4 Å². The summed E-state index contributed by atoms with van der Waals surface area (Å²) >= 11 is 6.12. The zero-order chi connectivity index (χ0) is 45.8. The fraction of sp³-hybridized carbons (Fsp3) is 0.435. The van der Waals surface area contributed by atoms with E-state index in [1.807, 2.05) is 56.2 Å². The average molecular weight is 887 g/mol. The molecule has 63 heavy (non-hydrogen) atoms. The molecule has 0 spiro atoms. The normalized spacial score (nSPS) is 20.1. The summed E-state index contributed by atoms with van der Waals surface area (Å²) in [7, 11) is 10.4. The van der Waals surface area contributed by atoms with Gasteiger partial charge in [-0.3, -0.25) is 24.0 Å². The number of para-hydroxylation sites is 1. The minimum absolute atomic E-state index is 0.107. The van der Waals surface area contributed by atoms with E-state index >= 15 is 0 Å². The van der Waals surface area contributed by atoms with Gasteiger partial charge in [0.05, 0.1) is 38.2 Å². The highest BCUT2D eigenvalue weighted by Crippen LogP contribution is 2.30. The Labute approximate surface area is 374 Å². The van der Waals surface area contributed by atoms with Crippen molar-refractivity contribution in [2.75, 3.05) is 55.1 Å². The second-order valence-electron chi connectivity index (χ2n) is 16.1. The molecule has 1 aliphatic heterocycles. The number of rotatable bonds is 12. The Kier molecular flexibility index (Phi) is 17.2. The van der Waals surface area contributed by atoms with Crippen LogP contribution in [0, 0.1) is 0 Å². The van der Waals surface area contributed by atoms with Gasteiger partial charge in [0.15, 0.2) is 0 Å². The number of amides is 5. The van der Waals surface area contributed by atoms with Gasteiger partial charge in [-0.05, 0) is 75.5 Å². The summed E-state index contributed by atoms with van der Waals surface area (Å²) in [5, 5.41) is 16.6. The van der Waals surface area contributed by atoms with Gasteiger partial charge in [0, 0.05) is 82.3 Å². The molecule has 0 saturated carbocycles. The molecule has 1 saturated heterocycles. The largest absolute Gasteiger partial charge is 0.457 e. The van der Waals surface area contributed by atoms with E-state index in [0.717, 1.165) is 22.6 Å². The van der Waals surface area contributed by atoms with Crippen molar-refractivity contribution >= 4 is 41.1 Å². The first-order chi connectivity index (χ1) is 30.1. The van der Waals surface area contributed by atoms with Crippen LogP contribution in [-0.2, 0) is 55.3 Å². The van der Waals surface area contributed by atoms with Crippen molar-refractivity contribution in [1.82, 2.24) is 39.8 Å². The zero-order valence-corrected chi connectivity index (χ0v) is 37.8. The number of methoxy groups -OCH3 is 1. The summed E-state index contributed by atoms with van der Waals surface area (Å²) in [6.07, 6.45) is 1.54. The molecule has 0 bridgehead atoms. The monoisotopic (exact) mass is 886 g/mol. The van der Waals surface area contributed by atoms with E-state index in [1.165, 1.54) is 28.9 Å². The number of ether oxygens (including phenoxy) is 2. The molecular weight excluding hydrogens is 828 g/mol. The molecule has 4 atom stereocenters. The van der Waals surface area contributed by atoms with E-state index in [2.05, 4.69) is 20.5 Å². The molecular formula is C46H59ClN8O8. The first kappa shape index (κ1) is 48.2. The average Bonchev–Trinajstić information content (AvgIpc) is 3.63. The Morgan fingerprint density at radius 3 is 2.25 bits per heavy atom. The molecule has 1 aliphatic rings. The molecule has 5 amide bonds. The second-order valence-corrected chi connectivity index (χ2v) is 16.6. The van der Waals surface area contributed by atoms with Crippen molar-refractivity contribution in [2.45, 2.75) is 69.9 Å². The Hall–Kier alpha value is -5.81. The SMILES string of the molecule is COC[C@H]1C(=O)N[C@@H](CO)C(=O)N(C)[C@@H](Cc2ccc(Cl)cc2)CC(=O)NC[C@H](C)N(C)C(=O)CCC(=O)N1Cc1ccccc1Oc1ccc(-c2cnc(CN(C)C)n2C)cc1. The van der Waals surface area contributed by atoms with Gasteiger partial charge in [-0.25, -0.2) is 4.98 Å². The van der Waals surface area contributed by atoms with Gasteiger partial charge in [0.2, 0.25) is 29.5 Å². The maximum Gasteiger partial charge on any atom is 0.247 e. The number of aliphatic hydroxyl groups is 1. The first-order valence-electron chi connectivity index (χ1n) is 20.8. The Bertz CT molecular complexity index is 2200. The van der Waals surface area contributed by atoms with Gasteiger partial charge in [-0.15, -0.1) is 0 Å². The minimum atomic E-state index is -1.44. The minimum Gasteiger partial charge on any atom is -0.457 e.